The van der Waals surface area contributed by atoms with Gasteiger partial charge in [-0.1, -0.05) is 6.07 Å². The molecule has 1 N–H and O–H groups in total. The summed E-state index contributed by atoms with van der Waals surface area (Å²) >= 11 is 1.43. The normalized spacial score (nSPS) is 13.5. The minimum absolute atomic E-state index is 0.406. The Morgan fingerprint density at radius 1 is 1.30 bits per heavy atom. The smallest absolute Gasteiger partial charge is 0.308 e. The summed E-state index contributed by atoms with van der Waals surface area (Å²) in [5.74, 6) is -1.28. The van der Waals surface area contributed by atoms with Crippen molar-refractivity contribution in [1.29, 1.82) is 0 Å². The number of alkyl halides is 3. The maximum atomic E-state index is 13.6. The maximum absolute atomic E-state index is 13.6. The summed E-state index contributed by atoms with van der Waals surface area (Å²) in [5, 5.41) is 5.57. The van der Waals surface area contributed by atoms with E-state index in [0.717, 1.165) is 17.1 Å². The molecule has 0 bridgehead atoms. The third-order valence-electron chi connectivity index (χ3n) is 2.85. The molecule has 0 spiro atoms. The van der Waals surface area contributed by atoms with E-state index in [2.05, 4.69) is 10.3 Å². The molecule has 0 fully saturated rings. The van der Waals surface area contributed by atoms with Crippen LogP contribution in [0.5, 0.6) is 0 Å². The molecule has 1 heterocycles. The number of aryl methyl sites for hydroxylation is 1. The Balaban J connectivity index is 2.39. The third kappa shape index (κ3) is 2.99. The zero-order chi connectivity index (χ0) is 14.9. The van der Waals surface area contributed by atoms with Gasteiger partial charge in [-0.25, -0.2) is 9.37 Å². The Labute approximate surface area is 117 Å². The second-order valence-corrected chi connectivity index (χ2v) is 5.31. The summed E-state index contributed by atoms with van der Waals surface area (Å²) < 4.78 is 51.2. The number of rotatable bonds is 3. The van der Waals surface area contributed by atoms with Gasteiger partial charge in [-0.2, -0.15) is 13.2 Å². The van der Waals surface area contributed by atoms with Gasteiger partial charge in [0.05, 0.1) is 22.3 Å². The average molecular weight is 304 g/mol. The first-order chi connectivity index (χ1) is 9.32. The highest BCUT2D eigenvalue weighted by Crippen LogP contribution is 2.33. The molecule has 108 valence electrons. The van der Waals surface area contributed by atoms with Gasteiger partial charge in [-0.15, -0.1) is 11.3 Å². The minimum Gasteiger partial charge on any atom is -0.308 e. The van der Waals surface area contributed by atoms with Gasteiger partial charge in [0, 0.05) is 5.38 Å². The van der Waals surface area contributed by atoms with Crippen LogP contribution in [0.2, 0.25) is 0 Å². The maximum Gasteiger partial charge on any atom is 0.419 e. The van der Waals surface area contributed by atoms with Gasteiger partial charge < -0.3 is 5.32 Å². The molecule has 0 aliphatic carbocycles. The summed E-state index contributed by atoms with van der Waals surface area (Å²) in [6.45, 7) is 1.83. The molecular weight excluding hydrogens is 292 g/mol. The van der Waals surface area contributed by atoms with Crippen molar-refractivity contribution in [3.63, 3.8) is 0 Å². The van der Waals surface area contributed by atoms with Crippen molar-refractivity contribution >= 4 is 11.3 Å². The van der Waals surface area contributed by atoms with E-state index >= 15 is 0 Å². The van der Waals surface area contributed by atoms with Crippen molar-refractivity contribution in [2.75, 3.05) is 7.05 Å². The summed E-state index contributed by atoms with van der Waals surface area (Å²) in [4.78, 5) is 4.27. The number of benzene rings is 1. The number of thiazole rings is 1. The largest absolute Gasteiger partial charge is 0.419 e. The fraction of sp³-hybridized carbons (Fsp3) is 0.308. The average Bonchev–Trinajstić information content (AvgIpc) is 2.75. The van der Waals surface area contributed by atoms with Crippen LogP contribution < -0.4 is 5.32 Å². The Bertz CT molecular complexity index is 607. The molecule has 0 aliphatic rings. The van der Waals surface area contributed by atoms with Crippen molar-refractivity contribution in [3.05, 3.63) is 51.2 Å². The van der Waals surface area contributed by atoms with Crippen molar-refractivity contribution in [2.24, 2.45) is 0 Å². The van der Waals surface area contributed by atoms with Crippen LogP contribution in [0.25, 0.3) is 0 Å². The Kier molecular flexibility index (Phi) is 4.10. The van der Waals surface area contributed by atoms with Crippen molar-refractivity contribution in [3.8, 4) is 0 Å². The van der Waals surface area contributed by atoms with Gasteiger partial charge in [0.15, 0.2) is 0 Å². The molecular formula is C13H12F4N2S. The lowest BCUT2D eigenvalue weighted by atomic mass is 10.0. The van der Waals surface area contributed by atoms with Crippen LogP contribution in [0.15, 0.2) is 23.6 Å². The van der Waals surface area contributed by atoms with Crippen LogP contribution in [-0.2, 0) is 6.18 Å². The van der Waals surface area contributed by atoms with Crippen LogP contribution in [0, 0.1) is 12.7 Å². The van der Waals surface area contributed by atoms with Gasteiger partial charge >= 0.3 is 6.18 Å². The Morgan fingerprint density at radius 2 is 2.00 bits per heavy atom. The highest BCUT2D eigenvalue weighted by Gasteiger charge is 2.34. The van der Waals surface area contributed by atoms with Gasteiger partial charge in [-0.05, 0) is 31.7 Å². The first-order valence-corrected chi connectivity index (χ1v) is 6.67. The Morgan fingerprint density at radius 3 is 2.45 bits per heavy atom. The van der Waals surface area contributed by atoms with Crippen molar-refractivity contribution in [2.45, 2.75) is 19.1 Å². The summed E-state index contributed by atoms with van der Waals surface area (Å²) in [6.07, 6.45) is -4.69. The molecule has 2 aromatic rings. The summed E-state index contributed by atoms with van der Waals surface area (Å²) in [7, 11) is 1.65. The SMILES string of the molecule is CNC(c1ccc(C(F)(F)F)c(F)c1)c1csc(C)n1. The predicted molar refractivity (Wildman–Crippen MR) is 69.2 cm³/mol. The first-order valence-electron chi connectivity index (χ1n) is 5.79. The highest BCUT2D eigenvalue weighted by molar-refractivity contribution is 7.09. The van der Waals surface area contributed by atoms with Crippen LogP contribution in [-0.4, -0.2) is 12.0 Å². The van der Waals surface area contributed by atoms with Crippen LogP contribution in [0.3, 0.4) is 0 Å². The molecule has 2 rings (SSSR count). The molecule has 0 radical (unpaired) electrons. The molecule has 1 atom stereocenters. The molecule has 7 heteroatoms. The molecule has 1 unspecified atom stereocenters. The number of nitrogens with one attached hydrogen (secondary N) is 1. The summed E-state index contributed by atoms with van der Waals surface area (Å²) in [6, 6.07) is 2.49. The zero-order valence-electron chi connectivity index (χ0n) is 10.8. The van der Waals surface area contributed by atoms with E-state index in [9.17, 15) is 17.6 Å². The number of halogens is 4. The van der Waals surface area contributed by atoms with E-state index in [1.165, 1.54) is 17.4 Å². The predicted octanol–water partition coefficient (Wildman–Crippen LogP) is 3.92. The highest BCUT2D eigenvalue weighted by atomic mass is 32.1. The monoisotopic (exact) mass is 304 g/mol. The molecule has 0 saturated heterocycles. The number of aromatic nitrogens is 1. The molecule has 1 aromatic carbocycles. The molecule has 0 amide bonds. The lowest BCUT2D eigenvalue weighted by molar-refractivity contribution is -0.140. The second-order valence-electron chi connectivity index (χ2n) is 4.25. The molecule has 0 saturated carbocycles. The number of nitrogens with zero attached hydrogens (tertiary/aromatic N) is 1. The number of hydrogen-bond acceptors (Lipinski definition) is 3. The van der Waals surface area contributed by atoms with E-state index in [0.29, 0.717) is 11.3 Å². The zero-order valence-corrected chi connectivity index (χ0v) is 11.6. The van der Waals surface area contributed by atoms with E-state index in [1.54, 1.807) is 12.4 Å². The first kappa shape index (κ1) is 14.9. The molecule has 0 aliphatic heterocycles. The summed E-state index contributed by atoms with van der Waals surface area (Å²) in [5.41, 5.74) is -0.192. The van der Waals surface area contributed by atoms with Crippen molar-refractivity contribution in [1.82, 2.24) is 10.3 Å². The minimum atomic E-state index is -4.69. The topological polar surface area (TPSA) is 24.9 Å². The van der Waals surface area contributed by atoms with Gasteiger partial charge in [0.1, 0.15) is 5.82 Å². The van der Waals surface area contributed by atoms with Gasteiger partial charge in [-0.3, -0.25) is 0 Å². The lowest BCUT2D eigenvalue weighted by Gasteiger charge is -2.16. The van der Waals surface area contributed by atoms with Crippen molar-refractivity contribution < 1.29 is 17.6 Å². The Hall–Kier alpha value is -1.47. The third-order valence-corrected chi connectivity index (χ3v) is 3.64. The van der Waals surface area contributed by atoms with Gasteiger partial charge in [0.2, 0.25) is 0 Å². The fourth-order valence-corrected chi connectivity index (χ4v) is 2.58. The standard InChI is InChI=1S/C13H12F4N2S/c1-7-19-11(6-20-7)12(18-2)8-3-4-9(10(14)5-8)13(15,16)17/h3-6,12,18H,1-2H3. The van der Waals surface area contributed by atoms with Crippen LogP contribution >= 0.6 is 11.3 Å². The van der Waals surface area contributed by atoms with Crippen LogP contribution in [0.4, 0.5) is 17.6 Å². The van der Waals surface area contributed by atoms with Crippen LogP contribution in [0.1, 0.15) is 27.9 Å². The molecule has 1 aromatic heterocycles. The molecule has 20 heavy (non-hydrogen) atoms. The van der Waals surface area contributed by atoms with Gasteiger partial charge in [0.25, 0.3) is 0 Å². The van der Waals surface area contributed by atoms with E-state index < -0.39 is 23.6 Å². The van der Waals surface area contributed by atoms with E-state index in [-0.39, 0.29) is 0 Å². The van der Waals surface area contributed by atoms with E-state index in [1.807, 2.05) is 6.92 Å². The fourth-order valence-electron chi connectivity index (χ4n) is 1.94. The quantitative estimate of drug-likeness (QED) is 0.869. The van der Waals surface area contributed by atoms with E-state index in [4.69, 9.17) is 0 Å². The lowest BCUT2D eigenvalue weighted by Crippen LogP contribution is -2.19. The second kappa shape index (κ2) is 5.49. The number of hydrogen-bond donors (Lipinski definition) is 1. The molecule has 2 nitrogen and oxygen atoms in total.